The van der Waals surface area contributed by atoms with Crippen molar-refractivity contribution in [1.82, 2.24) is 4.40 Å². The lowest BCUT2D eigenvalue weighted by atomic mass is 9.82. The van der Waals surface area contributed by atoms with Crippen molar-refractivity contribution >= 4 is 38.1 Å². The van der Waals surface area contributed by atoms with Gasteiger partial charge >= 0.3 is 0 Å². The van der Waals surface area contributed by atoms with Crippen LogP contribution in [0.2, 0.25) is 0 Å². The molecule has 1 nitrogen and oxygen atoms in total. The Balaban J connectivity index is 1.46. The van der Waals surface area contributed by atoms with E-state index in [0.29, 0.717) is 0 Å². The Labute approximate surface area is 216 Å². The molecule has 0 N–H and O–H groups in total. The Hall–Kier alpha value is -4.10. The Morgan fingerprint density at radius 2 is 0.946 bits per heavy atom. The molecule has 1 heteroatoms. The minimum atomic E-state index is -0.0119. The molecule has 0 aliphatic heterocycles. The smallest absolute Gasteiger partial charge is 0.0620 e. The van der Waals surface area contributed by atoms with E-state index in [-0.39, 0.29) is 10.8 Å². The fourth-order valence-electron chi connectivity index (χ4n) is 7.86. The quantitative estimate of drug-likeness (QED) is 0.207. The molecule has 0 saturated heterocycles. The molecule has 2 aliphatic carbocycles. The van der Waals surface area contributed by atoms with E-state index in [1.165, 1.54) is 82.6 Å². The lowest BCUT2D eigenvalue weighted by molar-refractivity contribution is 0.661. The molecule has 7 aromatic rings. The number of nitrogens with zero attached hydrogens (tertiary/aromatic N) is 1. The van der Waals surface area contributed by atoms with E-state index in [1.54, 1.807) is 0 Å². The summed E-state index contributed by atoms with van der Waals surface area (Å²) in [6, 6.07) is 34.7. The first-order valence-corrected chi connectivity index (χ1v) is 13.4. The predicted octanol–water partition coefficient (Wildman–Crippen LogP) is 9.45. The van der Waals surface area contributed by atoms with Crippen molar-refractivity contribution in [1.29, 1.82) is 0 Å². The summed E-state index contributed by atoms with van der Waals surface area (Å²) >= 11 is 0. The average molecular weight is 474 g/mol. The van der Waals surface area contributed by atoms with Crippen molar-refractivity contribution in [3.63, 3.8) is 0 Å². The summed E-state index contributed by atoms with van der Waals surface area (Å²) in [4.78, 5) is 0. The molecule has 9 rings (SSSR count). The van der Waals surface area contributed by atoms with Crippen LogP contribution in [-0.2, 0) is 10.8 Å². The van der Waals surface area contributed by atoms with Crippen molar-refractivity contribution in [3.05, 3.63) is 113 Å². The molecule has 37 heavy (non-hydrogen) atoms. The molecule has 2 heterocycles. The van der Waals surface area contributed by atoms with Crippen LogP contribution in [0.3, 0.4) is 0 Å². The zero-order chi connectivity index (χ0) is 24.8. The van der Waals surface area contributed by atoms with Crippen LogP contribution in [0.4, 0.5) is 0 Å². The molecule has 0 atom stereocenters. The second kappa shape index (κ2) is 6.06. The molecule has 176 valence electrons. The highest BCUT2D eigenvalue weighted by atomic mass is 14.9. The van der Waals surface area contributed by atoms with E-state index in [0.717, 1.165) is 0 Å². The fourth-order valence-corrected chi connectivity index (χ4v) is 7.86. The van der Waals surface area contributed by atoms with E-state index < -0.39 is 0 Å². The number of rotatable bonds is 0. The van der Waals surface area contributed by atoms with Gasteiger partial charge in [-0.3, -0.25) is 0 Å². The largest absolute Gasteiger partial charge is 0.308 e. The summed E-state index contributed by atoms with van der Waals surface area (Å²) in [5.74, 6) is 0. The summed E-state index contributed by atoms with van der Waals surface area (Å²) < 4.78 is 2.56. The Kier molecular flexibility index (Phi) is 3.28. The van der Waals surface area contributed by atoms with Gasteiger partial charge in [-0.1, -0.05) is 94.4 Å². The SMILES string of the molecule is CC1(C)c2ccccc2-c2cc3c(cc21)c1cccc2c4cc5c(cc4n3c12)C(C)(C)c1ccccc1-5. The molecule has 0 fully saturated rings. The molecule has 0 radical (unpaired) electrons. The van der Waals surface area contributed by atoms with E-state index in [2.05, 4.69) is 123 Å². The van der Waals surface area contributed by atoms with Gasteiger partial charge in [-0.25, -0.2) is 0 Å². The van der Waals surface area contributed by atoms with Gasteiger partial charge in [-0.15, -0.1) is 0 Å². The van der Waals surface area contributed by atoms with Crippen molar-refractivity contribution in [2.24, 2.45) is 0 Å². The maximum Gasteiger partial charge on any atom is 0.0620 e. The third-order valence-electron chi connectivity index (χ3n) is 9.72. The van der Waals surface area contributed by atoms with Gasteiger partial charge in [0.15, 0.2) is 0 Å². The highest BCUT2D eigenvalue weighted by Crippen LogP contribution is 2.53. The van der Waals surface area contributed by atoms with Gasteiger partial charge in [0.1, 0.15) is 0 Å². The number of hydrogen-bond donors (Lipinski definition) is 0. The normalized spacial score (nSPS) is 16.5. The van der Waals surface area contributed by atoms with Gasteiger partial charge in [0, 0.05) is 32.4 Å². The van der Waals surface area contributed by atoms with Crippen LogP contribution in [0, 0.1) is 0 Å². The Morgan fingerprint density at radius 3 is 1.59 bits per heavy atom. The Morgan fingerprint density at radius 1 is 0.432 bits per heavy atom. The van der Waals surface area contributed by atoms with Crippen LogP contribution >= 0.6 is 0 Å². The first kappa shape index (κ1) is 20.0. The van der Waals surface area contributed by atoms with Gasteiger partial charge in [-0.05, 0) is 68.8 Å². The molecule has 0 unspecified atom stereocenters. The number of aromatic nitrogens is 1. The number of para-hydroxylation sites is 1. The second-order valence-electron chi connectivity index (χ2n) is 12.2. The summed E-state index contributed by atoms with van der Waals surface area (Å²) in [7, 11) is 0. The topological polar surface area (TPSA) is 4.41 Å². The maximum atomic E-state index is 2.56. The van der Waals surface area contributed by atoms with Crippen LogP contribution in [0.25, 0.3) is 60.3 Å². The molecular formula is C36H27N. The van der Waals surface area contributed by atoms with Crippen molar-refractivity contribution in [3.8, 4) is 22.3 Å². The van der Waals surface area contributed by atoms with Gasteiger partial charge in [0.2, 0.25) is 0 Å². The van der Waals surface area contributed by atoms with Crippen LogP contribution < -0.4 is 0 Å². The number of hydrogen-bond acceptors (Lipinski definition) is 0. The summed E-state index contributed by atoms with van der Waals surface area (Å²) in [5.41, 5.74) is 15.3. The van der Waals surface area contributed by atoms with Gasteiger partial charge < -0.3 is 4.40 Å². The fraction of sp³-hybridized carbons (Fsp3) is 0.167. The Bertz CT molecular complexity index is 2130. The van der Waals surface area contributed by atoms with Crippen LogP contribution in [-0.4, -0.2) is 4.40 Å². The van der Waals surface area contributed by atoms with Crippen molar-refractivity contribution < 1.29 is 0 Å². The first-order chi connectivity index (χ1) is 17.9. The van der Waals surface area contributed by atoms with Gasteiger partial charge in [0.25, 0.3) is 0 Å². The molecule has 0 amide bonds. The third kappa shape index (κ3) is 2.12. The van der Waals surface area contributed by atoms with Crippen LogP contribution in [0.1, 0.15) is 49.9 Å². The van der Waals surface area contributed by atoms with Crippen molar-refractivity contribution in [2.75, 3.05) is 0 Å². The monoisotopic (exact) mass is 473 g/mol. The molecule has 0 bridgehead atoms. The van der Waals surface area contributed by atoms with Gasteiger partial charge in [-0.2, -0.15) is 0 Å². The molecular weight excluding hydrogens is 446 g/mol. The van der Waals surface area contributed by atoms with Crippen LogP contribution in [0.15, 0.2) is 91.0 Å². The minimum Gasteiger partial charge on any atom is -0.308 e. The van der Waals surface area contributed by atoms with Crippen molar-refractivity contribution in [2.45, 2.75) is 38.5 Å². The lowest BCUT2D eigenvalue weighted by Gasteiger charge is -2.21. The summed E-state index contributed by atoms with van der Waals surface area (Å²) in [6.45, 7) is 9.50. The number of fused-ring (bicyclic) bond motifs is 12. The van der Waals surface area contributed by atoms with Crippen LogP contribution in [0.5, 0.6) is 0 Å². The molecule has 0 spiro atoms. The summed E-state index contributed by atoms with van der Waals surface area (Å²) in [6.07, 6.45) is 0. The zero-order valence-electron chi connectivity index (χ0n) is 21.6. The van der Waals surface area contributed by atoms with E-state index in [1.807, 2.05) is 0 Å². The summed E-state index contributed by atoms with van der Waals surface area (Å²) in [5, 5.41) is 5.44. The van der Waals surface area contributed by atoms with E-state index in [9.17, 15) is 0 Å². The highest BCUT2D eigenvalue weighted by Gasteiger charge is 2.38. The van der Waals surface area contributed by atoms with E-state index >= 15 is 0 Å². The maximum absolute atomic E-state index is 2.56. The second-order valence-corrected chi connectivity index (χ2v) is 12.2. The first-order valence-electron chi connectivity index (χ1n) is 13.4. The number of benzene rings is 5. The minimum absolute atomic E-state index is 0.00476. The lowest BCUT2D eigenvalue weighted by Crippen LogP contribution is -2.15. The zero-order valence-corrected chi connectivity index (χ0v) is 21.6. The highest BCUT2D eigenvalue weighted by molar-refractivity contribution is 6.24. The standard InChI is InChI=1S/C36H27N/c1-35(2)29-15-8-6-11-21(29)25-18-32-27(17-30(25)35)23-13-9-12-22-26-16-24-20-10-5-7-14-28(20)36(3,4)31(24)19-33(26)37(32)34(22)23/h5-19H,1-4H3. The van der Waals surface area contributed by atoms with Gasteiger partial charge in [0.05, 0.1) is 16.6 Å². The molecule has 5 aromatic carbocycles. The molecule has 2 aliphatic rings. The predicted molar refractivity (Wildman–Crippen MR) is 156 cm³/mol. The third-order valence-corrected chi connectivity index (χ3v) is 9.72. The molecule has 0 saturated carbocycles. The van der Waals surface area contributed by atoms with E-state index in [4.69, 9.17) is 0 Å². The average Bonchev–Trinajstić information content (AvgIpc) is 3.56. The molecule has 2 aromatic heterocycles.